The zero-order valence-electron chi connectivity index (χ0n) is 20.2. The van der Waals surface area contributed by atoms with Crippen LogP contribution in [0.5, 0.6) is 0 Å². The van der Waals surface area contributed by atoms with Crippen LogP contribution in [-0.2, 0) is 9.53 Å². The molecule has 0 radical (unpaired) electrons. The minimum absolute atomic E-state index is 0.158. The predicted molar refractivity (Wildman–Crippen MR) is 133 cm³/mol. The van der Waals surface area contributed by atoms with E-state index in [-0.39, 0.29) is 18.4 Å². The van der Waals surface area contributed by atoms with E-state index in [9.17, 15) is 14.4 Å². The third-order valence-corrected chi connectivity index (χ3v) is 5.23. The van der Waals surface area contributed by atoms with E-state index in [1.165, 1.54) is 6.21 Å². The molecule has 0 aliphatic carbocycles. The summed E-state index contributed by atoms with van der Waals surface area (Å²) >= 11 is 0. The lowest BCUT2D eigenvalue weighted by Crippen LogP contribution is -2.48. The van der Waals surface area contributed by atoms with Crippen LogP contribution < -0.4 is 10.7 Å². The van der Waals surface area contributed by atoms with Gasteiger partial charge in [0.2, 0.25) is 0 Å². The maximum atomic E-state index is 12.7. The van der Waals surface area contributed by atoms with Gasteiger partial charge in [0.15, 0.2) is 0 Å². The molecule has 8 nitrogen and oxygen atoms in total. The summed E-state index contributed by atoms with van der Waals surface area (Å²) in [6.45, 7) is 7.62. The Balaban J connectivity index is 1.66. The summed E-state index contributed by atoms with van der Waals surface area (Å²) < 4.78 is 10.9. The SMILES string of the molecule is CCOC(=O)c1ccccc1-c1ccc(/C=N\NC(=O)C(NC(=O)c2ccc(C)cc2)C(C)C)o1. The fourth-order valence-electron chi connectivity index (χ4n) is 3.35. The summed E-state index contributed by atoms with van der Waals surface area (Å²) in [5.41, 5.74) is 4.96. The van der Waals surface area contributed by atoms with Crippen LogP contribution in [0.2, 0.25) is 0 Å². The van der Waals surface area contributed by atoms with E-state index in [0.29, 0.717) is 28.2 Å². The third-order valence-electron chi connectivity index (χ3n) is 5.23. The molecule has 35 heavy (non-hydrogen) atoms. The maximum Gasteiger partial charge on any atom is 0.338 e. The molecule has 1 aromatic heterocycles. The first-order chi connectivity index (χ1) is 16.8. The number of nitrogens with one attached hydrogen (secondary N) is 2. The quantitative estimate of drug-likeness (QED) is 0.272. The number of benzene rings is 2. The number of carbonyl (C=O) groups is 3. The van der Waals surface area contributed by atoms with Crippen molar-refractivity contribution in [2.75, 3.05) is 6.61 Å². The highest BCUT2D eigenvalue weighted by Gasteiger charge is 2.24. The van der Waals surface area contributed by atoms with Crippen LogP contribution in [0.4, 0.5) is 0 Å². The van der Waals surface area contributed by atoms with E-state index >= 15 is 0 Å². The van der Waals surface area contributed by atoms with Gasteiger partial charge in [-0.2, -0.15) is 5.10 Å². The van der Waals surface area contributed by atoms with Gasteiger partial charge in [0.25, 0.3) is 11.8 Å². The highest BCUT2D eigenvalue weighted by atomic mass is 16.5. The van der Waals surface area contributed by atoms with Gasteiger partial charge in [0.1, 0.15) is 17.6 Å². The Bertz CT molecular complexity index is 1210. The first-order valence-corrected chi connectivity index (χ1v) is 11.4. The van der Waals surface area contributed by atoms with Gasteiger partial charge < -0.3 is 14.5 Å². The Labute approximate surface area is 204 Å². The van der Waals surface area contributed by atoms with Crippen LogP contribution in [0.25, 0.3) is 11.3 Å². The standard InChI is InChI=1S/C27H29N3O5/c1-5-34-27(33)22-9-7-6-8-21(22)23-15-14-20(35-23)16-28-30-26(32)24(17(2)3)29-25(31)19-12-10-18(4)11-13-19/h6-17,24H,5H2,1-4H3,(H,29,31)(H,30,32)/b28-16-. The Hall–Kier alpha value is -4.20. The van der Waals surface area contributed by atoms with E-state index in [2.05, 4.69) is 15.8 Å². The molecule has 1 atom stereocenters. The molecule has 0 aliphatic rings. The second kappa shape index (κ2) is 11.8. The summed E-state index contributed by atoms with van der Waals surface area (Å²) in [6, 6.07) is 16.7. The lowest BCUT2D eigenvalue weighted by atomic mass is 10.0. The van der Waals surface area contributed by atoms with Crippen LogP contribution in [0.15, 0.2) is 70.2 Å². The van der Waals surface area contributed by atoms with Gasteiger partial charge in [-0.15, -0.1) is 0 Å². The number of hydrogen-bond acceptors (Lipinski definition) is 6. The molecular weight excluding hydrogens is 446 g/mol. The maximum absolute atomic E-state index is 12.7. The average Bonchev–Trinajstić information content (AvgIpc) is 3.31. The molecule has 1 unspecified atom stereocenters. The lowest BCUT2D eigenvalue weighted by Gasteiger charge is -2.20. The number of furan rings is 1. The molecular formula is C27H29N3O5. The molecule has 0 fully saturated rings. The monoisotopic (exact) mass is 475 g/mol. The van der Waals surface area contributed by atoms with Crippen molar-refractivity contribution in [2.45, 2.75) is 33.7 Å². The molecule has 0 saturated heterocycles. The Kier molecular flexibility index (Phi) is 8.56. The molecule has 0 spiro atoms. The van der Waals surface area contributed by atoms with E-state index in [1.54, 1.807) is 55.5 Å². The fraction of sp³-hybridized carbons (Fsp3) is 0.259. The summed E-state index contributed by atoms with van der Waals surface area (Å²) in [6.07, 6.45) is 1.35. The normalized spacial score (nSPS) is 11.9. The Morgan fingerprint density at radius 2 is 1.74 bits per heavy atom. The van der Waals surface area contributed by atoms with Crippen LogP contribution in [0.1, 0.15) is 52.8 Å². The van der Waals surface area contributed by atoms with Crippen molar-refractivity contribution in [3.05, 3.63) is 83.1 Å². The topological polar surface area (TPSA) is 110 Å². The number of rotatable bonds is 9. The van der Waals surface area contributed by atoms with Gasteiger partial charge in [-0.1, -0.05) is 49.7 Å². The number of esters is 1. The molecule has 2 amide bonds. The van der Waals surface area contributed by atoms with Crippen molar-refractivity contribution in [2.24, 2.45) is 11.0 Å². The summed E-state index contributed by atoms with van der Waals surface area (Å²) in [4.78, 5) is 37.5. The first-order valence-electron chi connectivity index (χ1n) is 11.4. The lowest BCUT2D eigenvalue weighted by molar-refractivity contribution is -0.123. The number of ether oxygens (including phenoxy) is 1. The third kappa shape index (κ3) is 6.66. The summed E-state index contributed by atoms with van der Waals surface area (Å²) in [5, 5.41) is 6.73. The molecule has 0 saturated carbocycles. The average molecular weight is 476 g/mol. The van der Waals surface area contributed by atoms with Crippen LogP contribution in [0.3, 0.4) is 0 Å². The molecule has 182 valence electrons. The molecule has 3 rings (SSSR count). The minimum Gasteiger partial charge on any atom is -0.462 e. The van der Waals surface area contributed by atoms with Gasteiger partial charge in [0.05, 0.1) is 18.4 Å². The zero-order chi connectivity index (χ0) is 25.4. The summed E-state index contributed by atoms with van der Waals surface area (Å²) in [7, 11) is 0. The molecule has 2 aromatic carbocycles. The van der Waals surface area contributed by atoms with Crippen molar-refractivity contribution in [3.63, 3.8) is 0 Å². The molecule has 0 bridgehead atoms. The second-order valence-electron chi connectivity index (χ2n) is 8.26. The number of aryl methyl sites for hydroxylation is 1. The molecule has 2 N–H and O–H groups in total. The van der Waals surface area contributed by atoms with Crippen molar-refractivity contribution < 1.29 is 23.5 Å². The zero-order valence-corrected chi connectivity index (χ0v) is 20.2. The van der Waals surface area contributed by atoms with Crippen LogP contribution in [-0.4, -0.2) is 36.6 Å². The van der Waals surface area contributed by atoms with E-state index in [1.807, 2.05) is 32.9 Å². The number of nitrogens with zero attached hydrogens (tertiary/aromatic N) is 1. The van der Waals surface area contributed by atoms with Gasteiger partial charge in [-0.3, -0.25) is 9.59 Å². The fourth-order valence-corrected chi connectivity index (χ4v) is 3.35. The van der Waals surface area contributed by atoms with Gasteiger partial charge >= 0.3 is 5.97 Å². The largest absolute Gasteiger partial charge is 0.462 e. The van der Waals surface area contributed by atoms with Crippen LogP contribution in [0, 0.1) is 12.8 Å². The van der Waals surface area contributed by atoms with Crippen molar-refractivity contribution in [1.29, 1.82) is 0 Å². The molecule has 0 aliphatic heterocycles. The van der Waals surface area contributed by atoms with Gasteiger partial charge in [-0.25, -0.2) is 10.2 Å². The van der Waals surface area contributed by atoms with E-state index in [4.69, 9.17) is 9.15 Å². The Morgan fingerprint density at radius 1 is 1.03 bits per heavy atom. The number of carbonyl (C=O) groups excluding carboxylic acids is 3. The number of hydrazone groups is 1. The van der Waals surface area contributed by atoms with Crippen LogP contribution >= 0.6 is 0 Å². The highest BCUT2D eigenvalue weighted by molar-refractivity contribution is 5.98. The molecule has 1 heterocycles. The van der Waals surface area contributed by atoms with E-state index in [0.717, 1.165) is 5.56 Å². The van der Waals surface area contributed by atoms with E-state index < -0.39 is 17.9 Å². The predicted octanol–water partition coefficient (Wildman–Crippen LogP) is 4.34. The van der Waals surface area contributed by atoms with Gasteiger partial charge in [0, 0.05) is 11.1 Å². The number of amides is 2. The van der Waals surface area contributed by atoms with Crippen molar-refractivity contribution in [1.82, 2.24) is 10.7 Å². The first kappa shape index (κ1) is 25.4. The molecule has 8 heteroatoms. The Morgan fingerprint density at radius 3 is 2.43 bits per heavy atom. The highest BCUT2D eigenvalue weighted by Crippen LogP contribution is 2.26. The molecule has 3 aromatic rings. The van der Waals surface area contributed by atoms with Crippen molar-refractivity contribution >= 4 is 24.0 Å². The van der Waals surface area contributed by atoms with Crippen molar-refractivity contribution in [3.8, 4) is 11.3 Å². The smallest absolute Gasteiger partial charge is 0.338 e. The number of hydrogen-bond donors (Lipinski definition) is 2. The summed E-state index contributed by atoms with van der Waals surface area (Å²) in [5.74, 6) is -0.533. The second-order valence-corrected chi connectivity index (χ2v) is 8.26. The van der Waals surface area contributed by atoms with Gasteiger partial charge in [-0.05, 0) is 50.1 Å². The minimum atomic E-state index is -0.774.